The minimum atomic E-state index is -3.43. The van der Waals surface area contributed by atoms with Gasteiger partial charge in [0.2, 0.25) is 0 Å². The molecule has 6 heteroatoms. The van der Waals surface area contributed by atoms with Crippen molar-refractivity contribution in [1.82, 2.24) is 4.72 Å². The maximum Gasteiger partial charge on any atom is 0.263 e. The van der Waals surface area contributed by atoms with Crippen molar-refractivity contribution < 1.29 is 13.2 Å². The fourth-order valence-corrected chi connectivity index (χ4v) is 4.11. The second-order valence-electron chi connectivity index (χ2n) is 5.46. The molecule has 1 aliphatic heterocycles. The second kappa shape index (κ2) is 6.15. The Balaban J connectivity index is 1.60. The average molecular weight is 308 g/mol. The summed E-state index contributed by atoms with van der Waals surface area (Å²) in [6.45, 7) is 1.01. The van der Waals surface area contributed by atoms with Gasteiger partial charge in [-0.15, -0.1) is 0 Å². The Bertz CT molecular complexity index is 634. The van der Waals surface area contributed by atoms with E-state index in [0.29, 0.717) is 35.6 Å². The zero-order chi connectivity index (χ0) is 14.7. The Labute approximate surface area is 125 Å². The Morgan fingerprint density at radius 1 is 1.19 bits per heavy atom. The molecule has 1 aromatic rings. The second-order valence-corrected chi connectivity index (χ2v) is 7.11. The van der Waals surface area contributed by atoms with Gasteiger partial charge in [0.05, 0.1) is 24.2 Å². The summed E-state index contributed by atoms with van der Waals surface area (Å²) in [6.07, 6.45) is 6.41. The van der Waals surface area contributed by atoms with Crippen LogP contribution in [0.1, 0.15) is 37.7 Å². The van der Waals surface area contributed by atoms with Crippen LogP contribution in [-0.4, -0.2) is 33.5 Å². The van der Waals surface area contributed by atoms with Crippen LogP contribution < -0.4 is 4.72 Å². The van der Waals surface area contributed by atoms with Crippen molar-refractivity contribution >= 4 is 15.9 Å². The van der Waals surface area contributed by atoms with Crippen LogP contribution in [0.3, 0.4) is 0 Å². The lowest BCUT2D eigenvalue weighted by Crippen LogP contribution is -2.23. The van der Waals surface area contributed by atoms with Gasteiger partial charge in [-0.2, -0.15) is 0 Å². The summed E-state index contributed by atoms with van der Waals surface area (Å²) < 4.78 is 32.1. The predicted octanol–water partition coefficient (Wildman–Crippen LogP) is 2.07. The molecule has 21 heavy (non-hydrogen) atoms. The van der Waals surface area contributed by atoms with Crippen molar-refractivity contribution in [2.45, 2.75) is 43.1 Å². The van der Waals surface area contributed by atoms with Crippen molar-refractivity contribution in [3.8, 4) is 0 Å². The van der Waals surface area contributed by atoms with E-state index in [9.17, 15) is 8.42 Å². The number of ether oxygens (including phenoxy) is 1. The Kier molecular flexibility index (Phi) is 4.26. The third-order valence-corrected chi connectivity index (χ3v) is 5.33. The first-order valence-corrected chi connectivity index (χ1v) is 8.93. The van der Waals surface area contributed by atoms with E-state index in [4.69, 9.17) is 4.74 Å². The third-order valence-electron chi connectivity index (χ3n) is 3.93. The van der Waals surface area contributed by atoms with Gasteiger partial charge in [-0.25, -0.2) is 8.42 Å². The van der Waals surface area contributed by atoms with Crippen LogP contribution in [0.2, 0.25) is 0 Å². The minimum Gasteiger partial charge on any atom is -0.376 e. The summed E-state index contributed by atoms with van der Waals surface area (Å²) in [5.74, 6) is 0.429. The highest BCUT2D eigenvalue weighted by atomic mass is 32.2. The number of amidine groups is 1. The fraction of sp³-hybridized carbons (Fsp3) is 0.533. The van der Waals surface area contributed by atoms with Crippen LogP contribution in [0.15, 0.2) is 34.2 Å². The van der Waals surface area contributed by atoms with Crippen molar-refractivity contribution in [3.05, 3.63) is 29.8 Å². The molecule has 0 bridgehead atoms. The number of benzene rings is 1. The van der Waals surface area contributed by atoms with E-state index >= 15 is 0 Å². The molecule has 114 valence electrons. The monoisotopic (exact) mass is 308 g/mol. The first-order valence-electron chi connectivity index (χ1n) is 7.45. The molecule has 1 aromatic carbocycles. The molecule has 5 nitrogen and oxygen atoms in total. The van der Waals surface area contributed by atoms with Crippen molar-refractivity contribution in [2.24, 2.45) is 4.99 Å². The zero-order valence-electron chi connectivity index (χ0n) is 11.9. The molecule has 1 aliphatic carbocycles. The van der Waals surface area contributed by atoms with E-state index in [-0.39, 0.29) is 0 Å². The lowest BCUT2D eigenvalue weighted by Gasteiger charge is -2.21. The molecule has 2 aliphatic rings. The van der Waals surface area contributed by atoms with Gasteiger partial charge in [0.25, 0.3) is 10.0 Å². The quantitative estimate of drug-likeness (QED) is 0.866. The van der Waals surface area contributed by atoms with Gasteiger partial charge < -0.3 is 4.74 Å². The lowest BCUT2D eigenvalue weighted by molar-refractivity contribution is 0.0335. The number of hydrogen-bond acceptors (Lipinski definition) is 4. The van der Waals surface area contributed by atoms with Gasteiger partial charge in [-0.3, -0.25) is 9.71 Å². The summed E-state index contributed by atoms with van der Waals surface area (Å²) in [5.41, 5.74) is 0.648. The van der Waals surface area contributed by atoms with Gasteiger partial charge in [0, 0.05) is 5.56 Å². The Morgan fingerprint density at radius 3 is 2.76 bits per heavy atom. The average Bonchev–Trinajstić information content (AvgIpc) is 2.77. The summed E-state index contributed by atoms with van der Waals surface area (Å²) in [7, 11) is -3.43. The van der Waals surface area contributed by atoms with Crippen molar-refractivity contribution in [1.29, 1.82) is 0 Å². The van der Waals surface area contributed by atoms with Crippen LogP contribution in [0.4, 0.5) is 0 Å². The highest BCUT2D eigenvalue weighted by Crippen LogP contribution is 2.22. The van der Waals surface area contributed by atoms with E-state index in [0.717, 1.165) is 12.8 Å². The number of hydrogen-bond donors (Lipinski definition) is 1. The van der Waals surface area contributed by atoms with Crippen LogP contribution >= 0.6 is 0 Å². The number of fused-ring (bicyclic) bond motifs is 1. The smallest absolute Gasteiger partial charge is 0.263 e. The van der Waals surface area contributed by atoms with E-state index in [1.165, 1.54) is 19.3 Å². The normalized spacial score (nSPS) is 23.0. The molecule has 0 saturated heterocycles. The van der Waals surface area contributed by atoms with Crippen LogP contribution in [0, 0.1) is 0 Å². The molecule has 1 N–H and O–H groups in total. The topological polar surface area (TPSA) is 67.8 Å². The number of sulfonamides is 1. The van der Waals surface area contributed by atoms with Crippen LogP contribution in [0.25, 0.3) is 0 Å². The number of aliphatic imine (C=N–C) groups is 1. The van der Waals surface area contributed by atoms with E-state index in [2.05, 4.69) is 9.71 Å². The molecule has 0 aromatic heterocycles. The number of nitrogens with zero attached hydrogens (tertiary/aromatic N) is 1. The van der Waals surface area contributed by atoms with Crippen molar-refractivity contribution in [3.63, 3.8) is 0 Å². The predicted molar refractivity (Wildman–Crippen MR) is 81.0 cm³/mol. The molecule has 1 heterocycles. The molecule has 3 rings (SSSR count). The summed E-state index contributed by atoms with van der Waals surface area (Å²) in [4.78, 5) is 4.65. The van der Waals surface area contributed by atoms with Gasteiger partial charge in [-0.1, -0.05) is 31.4 Å². The zero-order valence-corrected chi connectivity index (χ0v) is 12.7. The first-order chi connectivity index (χ1) is 10.2. The number of nitrogens with one attached hydrogen (secondary N) is 1. The van der Waals surface area contributed by atoms with Crippen LogP contribution in [0.5, 0.6) is 0 Å². The maximum atomic E-state index is 11.9. The fourth-order valence-electron chi connectivity index (χ4n) is 2.86. The number of rotatable bonds is 4. The lowest BCUT2D eigenvalue weighted by atomic mass is 9.98. The summed E-state index contributed by atoms with van der Waals surface area (Å²) >= 11 is 0. The molecule has 1 saturated carbocycles. The molecule has 0 amide bonds. The molecule has 0 radical (unpaired) electrons. The van der Waals surface area contributed by atoms with Gasteiger partial charge in [0.15, 0.2) is 0 Å². The standard InChI is InChI=1S/C15H20N2O3S/c18-21(19)14-9-5-4-8-13(14)15(17-21)16-10-11-20-12-6-2-1-3-7-12/h4-5,8-9,12H,1-3,6-7,10-11H2,(H,16,17). The molecule has 0 spiro atoms. The molecule has 1 fully saturated rings. The largest absolute Gasteiger partial charge is 0.376 e. The highest BCUT2D eigenvalue weighted by Gasteiger charge is 2.29. The maximum absolute atomic E-state index is 11.9. The first kappa shape index (κ1) is 14.5. The third kappa shape index (κ3) is 3.27. The Hall–Kier alpha value is -1.40. The molecular formula is C15H20N2O3S. The summed E-state index contributed by atoms with van der Waals surface area (Å²) in [5, 5.41) is 0. The minimum absolute atomic E-state index is 0.303. The molecule has 0 atom stereocenters. The van der Waals surface area contributed by atoms with E-state index in [1.807, 2.05) is 6.07 Å². The van der Waals surface area contributed by atoms with E-state index in [1.54, 1.807) is 18.2 Å². The van der Waals surface area contributed by atoms with Crippen LogP contribution in [-0.2, 0) is 14.8 Å². The Morgan fingerprint density at radius 2 is 1.95 bits per heavy atom. The summed E-state index contributed by atoms with van der Waals surface area (Å²) in [6, 6.07) is 6.90. The highest BCUT2D eigenvalue weighted by molar-refractivity contribution is 7.90. The van der Waals surface area contributed by atoms with Crippen molar-refractivity contribution in [2.75, 3.05) is 13.2 Å². The van der Waals surface area contributed by atoms with E-state index < -0.39 is 10.0 Å². The van der Waals surface area contributed by atoms with Gasteiger partial charge in [-0.05, 0) is 25.0 Å². The van der Waals surface area contributed by atoms with Gasteiger partial charge >= 0.3 is 0 Å². The SMILES string of the molecule is O=S1(=O)NC(=NCCOC2CCCCC2)c2ccccc21. The van der Waals surface area contributed by atoms with Gasteiger partial charge in [0.1, 0.15) is 5.84 Å². The molecular weight excluding hydrogens is 288 g/mol. The molecule has 0 unspecified atom stereocenters.